The van der Waals surface area contributed by atoms with Crippen LogP contribution in [0.5, 0.6) is 0 Å². The highest BCUT2D eigenvalue weighted by atomic mass is 15.1. The Morgan fingerprint density at radius 1 is 0.613 bits per heavy atom. The highest BCUT2D eigenvalue weighted by molar-refractivity contribution is 6.00. The van der Waals surface area contributed by atoms with Gasteiger partial charge in [-0.05, 0) is 89.0 Å². The summed E-state index contributed by atoms with van der Waals surface area (Å²) < 4.78 is 2.25. The summed E-state index contributed by atoms with van der Waals surface area (Å²) in [6.45, 7) is 8.50. The molecule has 306 valence electrons. The SMILES string of the molecule is CCNCN/C(=N\Cn1cc(/C=C\C2=C(C)C/C(=C\c3ccccc3)c3ccccc32)c2ccccc21)c1cccc(-c2ccccc2)c1.Cc1ccc(-c2ccccc2)cc1. The Morgan fingerprint density at radius 3 is 1.95 bits per heavy atom. The van der Waals surface area contributed by atoms with Crippen LogP contribution in [-0.4, -0.2) is 23.6 Å². The Bertz CT molecular complexity index is 2840. The molecule has 1 aliphatic carbocycles. The van der Waals surface area contributed by atoms with Gasteiger partial charge in [0, 0.05) is 22.7 Å². The van der Waals surface area contributed by atoms with E-state index in [1.807, 2.05) is 6.07 Å². The van der Waals surface area contributed by atoms with E-state index < -0.39 is 0 Å². The van der Waals surface area contributed by atoms with E-state index in [-0.39, 0.29) is 0 Å². The van der Waals surface area contributed by atoms with Crippen LogP contribution in [0.2, 0.25) is 0 Å². The van der Waals surface area contributed by atoms with Crippen LogP contribution in [0.1, 0.15) is 53.6 Å². The molecule has 0 bridgehead atoms. The van der Waals surface area contributed by atoms with Crippen LogP contribution in [0, 0.1) is 6.92 Å². The van der Waals surface area contributed by atoms with E-state index in [0.717, 1.165) is 29.9 Å². The zero-order valence-electron chi connectivity index (χ0n) is 35.9. The van der Waals surface area contributed by atoms with Crippen molar-refractivity contribution in [1.29, 1.82) is 0 Å². The van der Waals surface area contributed by atoms with Crippen molar-refractivity contribution in [2.45, 2.75) is 33.9 Å². The van der Waals surface area contributed by atoms with E-state index in [9.17, 15) is 0 Å². The van der Waals surface area contributed by atoms with Gasteiger partial charge in [0.2, 0.25) is 0 Å². The van der Waals surface area contributed by atoms with Gasteiger partial charge in [0.25, 0.3) is 0 Å². The molecule has 7 aromatic carbocycles. The minimum absolute atomic E-state index is 0.497. The number of allylic oxidation sites excluding steroid dienone is 4. The van der Waals surface area contributed by atoms with Crippen LogP contribution in [-0.2, 0) is 6.67 Å². The molecule has 0 saturated carbocycles. The van der Waals surface area contributed by atoms with Crippen molar-refractivity contribution < 1.29 is 0 Å². The lowest BCUT2D eigenvalue weighted by Gasteiger charge is -2.22. The molecular weight excluding hydrogens is 753 g/mol. The molecule has 9 rings (SSSR count). The molecule has 0 fully saturated rings. The molecule has 4 heteroatoms. The summed E-state index contributed by atoms with van der Waals surface area (Å²) in [7, 11) is 0. The molecule has 0 spiro atoms. The zero-order chi connectivity index (χ0) is 42.5. The summed E-state index contributed by atoms with van der Waals surface area (Å²) in [5.74, 6) is 0.868. The van der Waals surface area contributed by atoms with Gasteiger partial charge in [-0.3, -0.25) is 0 Å². The predicted molar refractivity (Wildman–Crippen MR) is 266 cm³/mol. The molecule has 0 saturated heterocycles. The van der Waals surface area contributed by atoms with Gasteiger partial charge in [-0.1, -0.05) is 212 Å². The second-order valence-corrected chi connectivity index (χ2v) is 15.7. The van der Waals surface area contributed by atoms with Crippen LogP contribution < -0.4 is 10.6 Å². The third-order valence-electron chi connectivity index (χ3n) is 11.3. The van der Waals surface area contributed by atoms with Crippen molar-refractivity contribution in [2.75, 3.05) is 13.2 Å². The molecule has 0 unspecified atom stereocenters. The number of rotatable bonds is 11. The molecule has 0 amide bonds. The highest BCUT2D eigenvalue weighted by Gasteiger charge is 2.19. The summed E-state index contributed by atoms with van der Waals surface area (Å²) in [5.41, 5.74) is 17.5. The van der Waals surface area contributed by atoms with E-state index >= 15 is 0 Å². The van der Waals surface area contributed by atoms with Gasteiger partial charge in [-0.2, -0.15) is 0 Å². The first-order valence-corrected chi connectivity index (χ1v) is 21.6. The molecule has 0 atom stereocenters. The Hall–Kier alpha value is -7.27. The maximum absolute atomic E-state index is 5.16. The first kappa shape index (κ1) is 41.5. The van der Waals surface area contributed by atoms with Crippen molar-refractivity contribution in [1.82, 2.24) is 15.2 Å². The van der Waals surface area contributed by atoms with Crippen molar-refractivity contribution in [3.63, 3.8) is 0 Å². The van der Waals surface area contributed by atoms with Crippen LogP contribution in [0.25, 0.3) is 56.5 Å². The summed E-state index contributed by atoms with van der Waals surface area (Å²) in [5, 5.41) is 8.14. The second kappa shape index (κ2) is 20.3. The van der Waals surface area contributed by atoms with Crippen LogP contribution in [0.15, 0.2) is 211 Å². The molecule has 2 N–H and O–H groups in total. The fourth-order valence-electron chi connectivity index (χ4n) is 8.03. The van der Waals surface area contributed by atoms with Crippen molar-refractivity contribution >= 4 is 40.0 Å². The minimum atomic E-state index is 0.497. The molecule has 1 aromatic heterocycles. The molecule has 8 aromatic rings. The molecule has 1 heterocycles. The largest absolute Gasteiger partial charge is 0.357 e. The third kappa shape index (κ3) is 10.2. The lowest BCUT2D eigenvalue weighted by atomic mass is 9.82. The molecular formula is C58H54N4. The topological polar surface area (TPSA) is 41.4 Å². The van der Waals surface area contributed by atoms with Crippen LogP contribution >= 0.6 is 0 Å². The van der Waals surface area contributed by atoms with Gasteiger partial charge >= 0.3 is 0 Å². The van der Waals surface area contributed by atoms with E-state index in [1.165, 1.54) is 72.2 Å². The molecule has 62 heavy (non-hydrogen) atoms. The Kier molecular flexibility index (Phi) is 13.6. The standard InChI is InChI=1S/C45H42N4.C13H12/c1-3-46-31-47-45(37-20-14-19-36(29-37)35-17-8-5-9-18-35)48-32-49-30-38(42-22-12-13-24-44(42)49)25-26-40-33(2)27-39(28-34-15-6-4-7-16-34)41-21-10-11-23-43(40)41;1-11-7-9-13(10-8-11)12-5-3-2-4-6-12/h4-26,28-30,46H,3,27,31-32H2,1-2H3,(H,47,48);2-10H,1H3/b26-25-,39-28+;. The number of amidine groups is 1. The van der Waals surface area contributed by atoms with Gasteiger partial charge in [0.15, 0.2) is 0 Å². The van der Waals surface area contributed by atoms with Crippen molar-refractivity contribution in [3.05, 3.63) is 239 Å². The molecule has 0 radical (unpaired) electrons. The van der Waals surface area contributed by atoms with E-state index in [2.05, 4.69) is 242 Å². The Balaban J connectivity index is 0.000000346. The molecule has 4 nitrogen and oxygen atoms in total. The number of hydrogen-bond acceptors (Lipinski definition) is 2. The number of fused-ring (bicyclic) bond motifs is 2. The number of aromatic nitrogens is 1. The Morgan fingerprint density at radius 2 is 1.23 bits per heavy atom. The average molecular weight is 807 g/mol. The van der Waals surface area contributed by atoms with Crippen molar-refractivity contribution in [3.8, 4) is 22.3 Å². The maximum Gasteiger partial charge on any atom is 0.131 e. The number of nitrogens with zero attached hydrogens (tertiary/aromatic N) is 2. The number of aliphatic imine (C=N–C) groups is 1. The summed E-state index contributed by atoms with van der Waals surface area (Å²) in [4.78, 5) is 5.16. The van der Waals surface area contributed by atoms with Gasteiger partial charge in [-0.15, -0.1) is 0 Å². The molecule has 1 aliphatic rings. The van der Waals surface area contributed by atoms with Crippen LogP contribution in [0.4, 0.5) is 0 Å². The van der Waals surface area contributed by atoms with E-state index in [4.69, 9.17) is 4.99 Å². The Labute approximate surface area is 367 Å². The fourth-order valence-corrected chi connectivity index (χ4v) is 8.03. The van der Waals surface area contributed by atoms with E-state index in [1.54, 1.807) is 0 Å². The number of nitrogens with one attached hydrogen (secondary N) is 2. The van der Waals surface area contributed by atoms with Gasteiger partial charge in [0.05, 0.1) is 12.2 Å². The maximum atomic E-state index is 5.16. The van der Waals surface area contributed by atoms with Gasteiger partial charge in [0.1, 0.15) is 12.5 Å². The van der Waals surface area contributed by atoms with Gasteiger partial charge < -0.3 is 15.2 Å². The third-order valence-corrected chi connectivity index (χ3v) is 11.3. The lowest BCUT2D eigenvalue weighted by Crippen LogP contribution is -2.34. The van der Waals surface area contributed by atoms with Crippen LogP contribution in [0.3, 0.4) is 0 Å². The normalized spacial score (nSPS) is 13.3. The lowest BCUT2D eigenvalue weighted by molar-refractivity contribution is 0.685. The summed E-state index contributed by atoms with van der Waals surface area (Å²) in [6, 6.07) is 66.2. The number of benzene rings is 7. The predicted octanol–water partition coefficient (Wildman–Crippen LogP) is 14.0. The number of para-hydroxylation sites is 1. The average Bonchev–Trinajstić information content (AvgIpc) is 3.68. The quantitative estimate of drug-likeness (QED) is 0.0592. The first-order chi connectivity index (χ1) is 30.5. The second-order valence-electron chi connectivity index (χ2n) is 15.7. The fraction of sp³-hybridized carbons (Fsp3) is 0.121. The van der Waals surface area contributed by atoms with Gasteiger partial charge in [-0.25, -0.2) is 4.99 Å². The first-order valence-electron chi connectivity index (χ1n) is 21.6. The minimum Gasteiger partial charge on any atom is -0.357 e. The van der Waals surface area contributed by atoms with E-state index in [0.29, 0.717) is 13.3 Å². The number of hydrogen-bond donors (Lipinski definition) is 2. The smallest absolute Gasteiger partial charge is 0.131 e. The summed E-state index contributed by atoms with van der Waals surface area (Å²) >= 11 is 0. The van der Waals surface area contributed by atoms with Crippen molar-refractivity contribution in [2.24, 2.45) is 4.99 Å². The zero-order valence-corrected chi connectivity index (χ0v) is 35.9. The number of aryl methyl sites for hydroxylation is 1. The summed E-state index contributed by atoms with van der Waals surface area (Å²) in [6.07, 6.45) is 10.1. The highest BCUT2D eigenvalue weighted by Crippen LogP contribution is 2.40. The molecule has 0 aliphatic heterocycles. The monoisotopic (exact) mass is 806 g/mol.